The number of nitrogens with zero attached hydrogens (tertiary/aromatic N) is 3. The molecule has 0 saturated carbocycles. The van der Waals surface area contributed by atoms with E-state index >= 15 is 4.39 Å². The van der Waals surface area contributed by atoms with Crippen LogP contribution in [0, 0.1) is 5.82 Å². The molecule has 188 valence electrons. The third-order valence-corrected chi connectivity index (χ3v) is 7.95. The van der Waals surface area contributed by atoms with Crippen LogP contribution in [-0.2, 0) is 19.4 Å². The van der Waals surface area contributed by atoms with Crippen molar-refractivity contribution in [2.75, 3.05) is 37.7 Å². The van der Waals surface area contributed by atoms with Gasteiger partial charge in [-0.1, -0.05) is 18.2 Å². The Bertz CT molecular complexity index is 1420. The lowest BCUT2D eigenvalue weighted by atomic mass is 9.88. The number of hydrogen-bond donors (Lipinski definition) is 1. The number of benzene rings is 2. The van der Waals surface area contributed by atoms with E-state index in [0.29, 0.717) is 30.0 Å². The van der Waals surface area contributed by atoms with Crippen molar-refractivity contribution in [3.63, 3.8) is 0 Å². The summed E-state index contributed by atoms with van der Waals surface area (Å²) >= 11 is 0. The van der Waals surface area contributed by atoms with Crippen LogP contribution in [0.3, 0.4) is 0 Å². The molecule has 2 aliphatic heterocycles. The lowest BCUT2D eigenvalue weighted by molar-refractivity contribution is 0.0694. The first-order valence-corrected chi connectivity index (χ1v) is 12.8. The zero-order valence-electron chi connectivity index (χ0n) is 20.4. The van der Waals surface area contributed by atoms with Gasteiger partial charge in [-0.2, -0.15) is 0 Å². The third kappa shape index (κ3) is 3.75. The summed E-state index contributed by atoms with van der Waals surface area (Å²) in [4.78, 5) is 28.9. The minimum absolute atomic E-state index is 0.0465. The molecule has 1 fully saturated rings. The number of hydrogen-bond acceptors (Lipinski definition) is 5. The van der Waals surface area contributed by atoms with Gasteiger partial charge in [-0.15, -0.1) is 0 Å². The van der Waals surface area contributed by atoms with E-state index in [9.17, 15) is 14.7 Å². The number of pyridine rings is 1. The standard InChI is InChI=1S/C28H30FN3O4/c1-17-16-36-27-24-21(26(33)22(28(34)35)15-32(17)24)13-23(29)25(27)31-11-9-30(10-12-31)14-19-7-4-6-18-5-2-3-8-20(18)19/h4,6-7,13,15,17H,2-3,5,8-12,14,16H2,1H3,(H,34,35)/t17-/m0/s1. The summed E-state index contributed by atoms with van der Waals surface area (Å²) in [6.45, 7) is 5.93. The molecule has 3 aromatic rings. The van der Waals surface area contributed by atoms with Crippen LogP contribution >= 0.6 is 0 Å². The molecule has 2 aromatic carbocycles. The molecule has 6 rings (SSSR count). The van der Waals surface area contributed by atoms with Crippen LogP contribution < -0.4 is 15.1 Å². The Morgan fingerprint density at radius 2 is 1.94 bits per heavy atom. The number of fused-ring (bicyclic) bond motifs is 1. The predicted molar refractivity (Wildman–Crippen MR) is 136 cm³/mol. The number of aryl methyl sites for hydroxylation is 1. The van der Waals surface area contributed by atoms with Crippen LogP contribution in [0.2, 0.25) is 0 Å². The van der Waals surface area contributed by atoms with Gasteiger partial charge in [0.2, 0.25) is 5.43 Å². The van der Waals surface area contributed by atoms with Gasteiger partial charge in [0.25, 0.3) is 0 Å². The molecule has 0 spiro atoms. The molecule has 0 radical (unpaired) electrons. The first-order valence-electron chi connectivity index (χ1n) is 12.8. The largest absolute Gasteiger partial charge is 0.487 e. The van der Waals surface area contributed by atoms with E-state index in [4.69, 9.17) is 4.74 Å². The van der Waals surface area contributed by atoms with E-state index in [0.717, 1.165) is 26.1 Å². The molecule has 0 unspecified atom stereocenters. The smallest absolute Gasteiger partial charge is 0.341 e. The molecular weight excluding hydrogens is 461 g/mol. The van der Waals surface area contributed by atoms with E-state index in [1.807, 2.05) is 11.8 Å². The van der Waals surface area contributed by atoms with Gasteiger partial charge in [-0.05, 0) is 55.4 Å². The van der Waals surface area contributed by atoms with Crippen molar-refractivity contribution in [3.05, 3.63) is 68.8 Å². The number of ether oxygens (including phenoxy) is 1. The molecule has 36 heavy (non-hydrogen) atoms. The zero-order chi connectivity index (χ0) is 25.0. The molecule has 1 saturated heterocycles. The van der Waals surface area contributed by atoms with Crippen LogP contribution in [-0.4, -0.2) is 53.3 Å². The average molecular weight is 492 g/mol. The van der Waals surface area contributed by atoms with Crippen molar-refractivity contribution in [1.29, 1.82) is 0 Å². The fourth-order valence-corrected chi connectivity index (χ4v) is 6.04. The average Bonchev–Trinajstić information content (AvgIpc) is 2.88. The van der Waals surface area contributed by atoms with Crippen molar-refractivity contribution in [1.82, 2.24) is 9.47 Å². The summed E-state index contributed by atoms with van der Waals surface area (Å²) < 4.78 is 23.3. The fraction of sp³-hybridized carbons (Fsp3) is 0.429. The van der Waals surface area contributed by atoms with Crippen molar-refractivity contribution in [2.24, 2.45) is 0 Å². The number of aromatic nitrogens is 1. The molecule has 3 heterocycles. The van der Waals surface area contributed by atoms with Gasteiger partial charge < -0.3 is 19.3 Å². The molecule has 0 amide bonds. The van der Waals surface area contributed by atoms with Gasteiger partial charge in [-0.3, -0.25) is 9.69 Å². The van der Waals surface area contributed by atoms with Gasteiger partial charge in [0.05, 0.1) is 16.9 Å². The number of piperazine rings is 1. The second-order valence-electron chi connectivity index (χ2n) is 10.2. The van der Waals surface area contributed by atoms with Crippen LogP contribution in [0.5, 0.6) is 5.75 Å². The fourth-order valence-electron chi connectivity index (χ4n) is 6.04. The Morgan fingerprint density at radius 3 is 2.72 bits per heavy atom. The summed E-state index contributed by atoms with van der Waals surface area (Å²) in [5, 5.41) is 9.54. The van der Waals surface area contributed by atoms with Crippen LogP contribution in [0.25, 0.3) is 10.9 Å². The minimum atomic E-state index is -1.31. The number of carboxylic acids is 1. The summed E-state index contributed by atoms with van der Waals surface area (Å²) in [5.41, 5.74) is 4.19. The quantitative estimate of drug-likeness (QED) is 0.595. The lowest BCUT2D eigenvalue weighted by Crippen LogP contribution is -2.46. The van der Waals surface area contributed by atoms with Crippen molar-refractivity contribution >= 4 is 22.6 Å². The topological polar surface area (TPSA) is 75.0 Å². The molecule has 1 N–H and O–H groups in total. The molecular formula is C28H30FN3O4. The Kier molecular flexibility index (Phi) is 5.71. The summed E-state index contributed by atoms with van der Waals surface area (Å²) in [6.07, 6.45) is 6.20. The van der Waals surface area contributed by atoms with Crippen molar-refractivity contribution in [2.45, 2.75) is 45.2 Å². The molecule has 1 aliphatic carbocycles. The van der Waals surface area contributed by atoms with Crippen molar-refractivity contribution < 1.29 is 19.0 Å². The maximum absolute atomic E-state index is 15.5. The van der Waals surface area contributed by atoms with E-state index in [-0.39, 0.29) is 23.6 Å². The normalized spacial score (nSPS) is 19.7. The monoisotopic (exact) mass is 491 g/mol. The lowest BCUT2D eigenvalue weighted by Gasteiger charge is -2.38. The van der Waals surface area contributed by atoms with Crippen LogP contribution in [0.1, 0.15) is 52.9 Å². The van der Waals surface area contributed by atoms with E-state index in [2.05, 4.69) is 23.1 Å². The second-order valence-corrected chi connectivity index (χ2v) is 10.2. The number of carboxylic acid groups (broad SMARTS) is 1. The molecule has 1 atom stereocenters. The van der Waals surface area contributed by atoms with Crippen LogP contribution in [0.15, 0.2) is 35.3 Å². The van der Waals surface area contributed by atoms with E-state index in [1.165, 1.54) is 48.2 Å². The highest BCUT2D eigenvalue weighted by molar-refractivity contribution is 5.97. The summed E-state index contributed by atoms with van der Waals surface area (Å²) in [5.74, 6) is -1.53. The van der Waals surface area contributed by atoms with Gasteiger partial charge in [0.1, 0.15) is 17.9 Å². The maximum atomic E-state index is 15.5. The molecule has 1 aromatic heterocycles. The zero-order valence-corrected chi connectivity index (χ0v) is 20.4. The highest BCUT2D eigenvalue weighted by Gasteiger charge is 2.31. The summed E-state index contributed by atoms with van der Waals surface area (Å²) in [7, 11) is 0. The number of rotatable bonds is 4. The Balaban J connectivity index is 1.30. The highest BCUT2D eigenvalue weighted by atomic mass is 19.1. The molecule has 8 heteroatoms. The van der Waals surface area contributed by atoms with Crippen LogP contribution in [0.4, 0.5) is 10.1 Å². The second kappa shape index (κ2) is 8.92. The number of carbonyl (C=O) groups is 1. The molecule has 0 bridgehead atoms. The van der Waals surface area contributed by atoms with Gasteiger partial charge in [-0.25, -0.2) is 9.18 Å². The first kappa shape index (κ1) is 23.0. The minimum Gasteiger partial charge on any atom is -0.487 e. The Morgan fingerprint density at radius 1 is 1.17 bits per heavy atom. The van der Waals surface area contributed by atoms with Gasteiger partial charge >= 0.3 is 5.97 Å². The third-order valence-electron chi connectivity index (χ3n) is 7.95. The summed E-state index contributed by atoms with van der Waals surface area (Å²) in [6, 6.07) is 7.67. The Labute approximate surface area is 208 Å². The van der Waals surface area contributed by atoms with Gasteiger partial charge in [0.15, 0.2) is 11.6 Å². The highest BCUT2D eigenvalue weighted by Crippen LogP contribution is 2.42. The van der Waals surface area contributed by atoms with Gasteiger partial charge in [0, 0.05) is 38.9 Å². The Hall–Kier alpha value is -3.39. The SMILES string of the molecule is C[C@H]1COc2c(N3CCN(Cc4cccc5c4CCCC5)CC3)c(F)cc3c(=O)c(C(=O)O)cn1c23. The van der Waals surface area contributed by atoms with E-state index in [1.54, 1.807) is 4.57 Å². The van der Waals surface area contributed by atoms with Crippen molar-refractivity contribution in [3.8, 4) is 5.75 Å². The molecule has 7 nitrogen and oxygen atoms in total. The number of aromatic carboxylic acids is 1. The first-order chi connectivity index (χ1) is 17.4. The number of halogens is 1. The predicted octanol–water partition coefficient (Wildman–Crippen LogP) is 3.99. The molecule has 3 aliphatic rings. The van der Waals surface area contributed by atoms with E-state index < -0.39 is 17.2 Å². The number of anilines is 1. The maximum Gasteiger partial charge on any atom is 0.341 e.